The van der Waals surface area contributed by atoms with Crippen LogP contribution in [0.4, 0.5) is 4.39 Å². The fourth-order valence-corrected chi connectivity index (χ4v) is 3.83. The van der Waals surface area contributed by atoms with E-state index in [4.69, 9.17) is 4.74 Å². The maximum absolute atomic E-state index is 13.8. The number of carboxylic acid groups (broad SMARTS) is 1. The second-order valence-electron chi connectivity index (χ2n) is 7.05. The number of rotatable bonds is 5. The monoisotopic (exact) mass is 464 g/mol. The van der Waals surface area contributed by atoms with Gasteiger partial charge in [0.1, 0.15) is 17.3 Å². The molecule has 0 aliphatic heterocycles. The van der Waals surface area contributed by atoms with E-state index in [-0.39, 0.29) is 12.2 Å². The van der Waals surface area contributed by atoms with Crippen LogP contribution in [0.2, 0.25) is 0 Å². The van der Waals surface area contributed by atoms with Gasteiger partial charge in [0.2, 0.25) is 0 Å². The Bertz CT molecular complexity index is 1180. The van der Waals surface area contributed by atoms with Crippen molar-refractivity contribution < 1.29 is 19.0 Å². The predicted octanol–water partition coefficient (Wildman–Crippen LogP) is 7.18. The first-order valence-corrected chi connectivity index (χ1v) is 10.2. The fourth-order valence-electron chi connectivity index (χ4n) is 3.57. The second kappa shape index (κ2) is 8.28. The largest absolute Gasteiger partial charge is 0.481 e. The summed E-state index contributed by atoms with van der Waals surface area (Å²) in [6.45, 7) is 1.88. The Morgan fingerprint density at radius 3 is 2.27 bits per heavy atom. The maximum atomic E-state index is 13.8. The summed E-state index contributed by atoms with van der Waals surface area (Å²) < 4.78 is 20.6. The number of ether oxygens (including phenoxy) is 1. The fraction of sp³-hybridized carbons (Fsp3) is 0.0800. The van der Waals surface area contributed by atoms with Gasteiger partial charge in [0.15, 0.2) is 0 Å². The van der Waals surface area contributed by atoms with E-state index in [1.54, 1.807) is 6.07 Å². The van der Waals surface area contributed by atoms with Gasteiger partial charge in [-0.15, -0.1) is 0 Å². The van der Waals surface area contributed by atoms with Crippen LogP contribution in [0.5, 0.6) is 11.5 Å². The van der Waals surface area contributed by atoms with E-state index in [1.165, 1.54) is 12.1 Å². The van der Waals surface area contributed by atoms with Crippen LogP contribution in [0.25, 0.3) is 17.2 Å². The van der Waals surface area contributed by atoms with Crippen molar-refractivity contribution in [2.75, 3.05) is 0 Å². The lowest BCUT2D eigenvalue weighted by Crippen LogP contribution is -1.97. The molecule has 3 aromatic rings. The average molecular weight is 465 g/mol. The Labute approximate surface area is 182 Å². The van der Waals surface area contributed by atoms with Crippen LogP contribution >= 0.6 is 15.9 Å². The molecule has 30 heavy (non-hydrogen) atoms. The van der Waals surface area contributed by atoms with Crippen LogP contribution in [-0.2, 0) is 4.79 Å². The van der Waals surface area contributed by atoms with Crippen molar-refractivity contribution in [1.29, 1.82) is 0 Å². The molecule has 0 aromatic heterocycles. The Kier molecular flexibility index (Phi) is 5.55. The zero-order chi connectivity index (χ0) is 21.3. The number of benzene rings is 3. The topological polar surface area (TPSA) is 46.5 Å². The van der Waals surface area contributed by atoms with Crippen molar-refractivity contribution in [3.63, 3.8) is 0 Å². The minimum atomic E-state index is -0.935. The predicted molar refractivity (Wildman–Crippen MR) is 120 cm³/mol. The molecule has 0 atom stereocenters. The quantitative estimate of drug-likeness (QED) is 0.434. The molecule has 3 aromatic carbocycles. The van der Waals surface area contributed by atoms with Gasteiger partial charge in [0.05, 0.1) is 6.42 Å². The first kappa shape index (κ1) is 20.1. The highest BCUT2D eigenvalue weighted by atomic mass is 79.9. The maximum Gasteiger partial charge on any atom is 0.307 e. The molecule has 150 valence electrons. The minimum absolute atomic E-state index is 0.139. The molecule has 0 saturated carbocycles. The summed E-state index contributed by atoms with van der Waals surface area (Å²) in [6.07, 6.45) is 1.85. The molecule has 1 N–H and O–H groups in total. The van der Waals surface area contributed by atoms with Gasteiger partial charge in [-0.2, -0.15) is 0 Å². The van der Waals surface area contributed by atoms with E-state index in [0.717, 1.165) is 32.5 Å². The number of halogens is 2. The highest BCUT2D eigenvalue weighted by Crippen LogP contribution is 2.43. The molecular weight excluding hydrogens is 447 g/mol. The van der Waals surface area contributed by atoms with E-state index in [1.807, 2.05) is 61.5 Å². The van der Waals surface area contributed by atoms with Crippen molar-refractivity contribution in [3.05, 3.63) is 99.3 Å². The molecule has 4 rings (SSSR count). The summed E-state index contributed by atoms with van der Waals surface area (Å²) in [5.74, 6) is 0.149. The van der Waals surface area contributed by atoms with E-state index in [9.17, 15) is 14.3 Å². The number of carboxylic acids is 1. The molecule has 1 aliphatic carbocycles. The first-order chi connectivity index (χ1) is 14.4. The van der Waals surface area contributed by atoms with E-state index in [0.29, 0.717) is 16.9 Å². The molecule has 3 nitrogen and oxygen atoms in total. The summed E-state index contributed by atoms with van der Waals surface area (Å²) in [5, 5.41) is 9.27. The van der Waals surface area contributed by atoms with Crippen LogP contribution < -0.4 is 4.74 Å². The van der Waals surface area contributed by atoms with Gasteiger partial charge in [0.25, 0.3) is 0 Å². The molecule has 0 bridgehead atoms. The number of hydrogen-bond acceptors (Lipinski definition) is 2. The van der Waals surface area contributed by atoms with Crippen molar-refractivity contribution in [1.82, 2.24) is 0 Å². The summed E-state index contributed by atoms with van der Waals surface area (Å²) in [6, 6.07) is 19.7. The van der Waals surface area contributed by atoms with Crippen LogP contribution in [0.15, 0.2) is 76.8 Å². The number of hydrogen-bond donors (Lipinski definition) is 1. The van der Waals surface area contributed by atoms with Crippen LogP contribution in [0, 0.1) is 5.82 Å². The van der Waals surface area contributed by atoms with Gasteiger partial charge in [-0.3, -0.25) is 4.79 Å². The molecule has 1 aliphatic rings. The second-order valence-corrected chi connectivity index (χ2v) is 7.96. The smallest absolute Gasteiger partial charge is 0.307 e. The first-order valence-electron chi connectivity index (χ1n) is 9.38. The summed E-state index contributed by atoms with van der Waals surface area (Å²) in [4.78, 5) is 11.3. The zero-order valence-electron chi connectivity index (χ0n) is 16.2. The molecule has 0 heterocycles. The average Bonchev–Trinajstić information content (AvgIpc) is 2.96. The number of aliphatic carboxylic acids is 1. The Morgan fingerprint density at radius 2 is 1.63 bits per heavy atom. The Morgan fingerprint density at radius 1 is 1.00 bits per heavy atom. The number of allylic oxidation sites excluding steroid dienone is 2. The standard InChI is InChI=1S/C25H18BrFO3/c1-15-22(21-11-6-18(27)13-24(21)23(15)14-25(28)29)12-16-2-7-19(8-3-16)30-20-9-4-17(26)5-10-20/h2-13H,14H2,1H3,(H,28,29)/b22-12-. The summed E-state index contributed by atoms with van der Waals surface area (Å²) >= 11 is 3.40. The van der Waals surface area contributed by atoms with Gasteiger partial charge in [0, 0.05) is 4.47 Å². The summed E-state index contributed by atoms with van der Waals surface area (Å²) in [7, 11) is 0. The molecular formula is C25H18BrFO3. The Hall–Kier alpha value is -3.18. The van der Waals surface area contributed by atoms with Crippen LogP contribution in [0.3, 0.4) is 0 Å². The number of fused-ring (bicyclic) bond motifs is 1. The lowest BCUT2D eigenvalue weighted by Gasteiger charge is -2.07. The van der Waals surface area contributed by atoms with Crippen molar-refractivity contribution in [3.8, 4) is 11.5 Å². The lowest BCUT2D eigenvalue weighted by molar-refractivity contribution is -0.135. The number of carbonyl (C=O) groups is 1. The molecule has 0 saturated heterocycles. The van der Waals surface area contributed by atoms with Gasteiger partial charge in [-0.05, 0) is 94.9 Å². The van der Waals surface area contributed by atoms with Crippen molar-refractivity contribution in [2.24, 2.45) is 0 Å². The SMILES string of the molecule is CC1=C(CC(=O)O)c2cc(F)ccc2/C1=C\c1ccc(Oc2ccc(Br)cc2)cc1. The molecule has 0 amide bonds. The van der Waals surface area contributed by atoms with Crippen molar-refractivity contribution >= 4 is 39.1 Å². The summed E-state index contributed by atoms with van der Waals surface area (Å²) in [5.41, 5.74) is 4.85. The highest BCUT2D eigenvalue weighted by Gasteiger charge is 2.25. The van der Waals surface area contributed by atoms with Crippen LogP contribution in [-0.4, -0.2) is 11.1 Å². The Balaban J connectivity index is 1.64. The third-order valence-electron chi connectivity index (χ3n) is 5.02. The molecule has 0 radical (unpaired) electrons. The van der Waals surface area contributed by atoms with E-state index in [2.05, 4.69) is 15.9 Å². The van der Waals surface area contributed by atoms with Gasteiger partial charge < -0.3 is 9.84 Å². The molecule has 0 spiro atoms. The minimum Gasteiger partial charge on any atom is -0.481 e. The van der Waals surface area contributed by atoms with E-state index < -0.39 is 5.97 Å². The molecule has 5 heteroatoms. The third-order valence-corrected chi connectivity index (χ3v) is 5.55. The normalized spacial score (nSPS) is 14.2. The third kappa shape index (κ3) is 4.21. The van der Waals surface area contributed by atoms with Gasteiger partial charge in [-0.1, -0.05) is 34.1 Å². The lowest BCUT2D eigenvalue weighted by atomic mass is 10.0. The van der Waals surface area contributed by atoms with Crippen molar-refractivity contribution in [2.45, 2.75) is 13.3 Å². The van der Waals surface area contributed by atoms with Crippen LogP contribution in [0.1, 0.15) is 30.0 Å². The highest BCUT2D eigenvalue weighted by molar-refractivity contribution is 9.10. The van der Waals surface area contributed by atoms with Gasteiger partial charge in [-0.25, -0.2) is 4.39 Å². The van der Waals surface area contributed by atoms with Gasteiger partial charge >= 0.3 is 5.97 Å². The molecule has 0 unspecified atom stereocenters. The van der Waals surface area contributed by atoms with E-state index >= 15 is 0 Å². The zero-order valence-corrected chi connectivity index (χ0v) is 17.7. The molecule has 0 fully saturated rings.